The lowest BCUT2D eigenvalue weighted by molar-refractivity contribution is -0.117. The molecular weight excluding hydrogens is 426 g/mol. The van der Waals surface area contributed by atoms with Gasteiger partial charge in [0.05, 0.1) is 0 Å². The van der Waals surface area contributed by atoms with Gasteiger partial charge in [-0.25, -0.2) is 4.98 Å². The average molecular weight is 458 g/mol. The van der Waals surface area contributed by atoms with Crippen molar-refractivity contribution in [2.24, 2.45) is 5.92 Å². The predicted molar refractivity (Wildman–Crippen MR) is 134 cm³/mol. The van der Waals surface area contributed by atoms with Crippen LogP contribution in [0.25, 0.3) is 11.1 Å². The molecule has 0 radical (unpaired) electrons. The summed E-state index contributed by atoms with van der Waals surface area (Å²) < 4.78 is 6.16. The van der Waals surface area contributed by atoms with Crippen molar-refractivity contribution >= 4 is 17.5 Å². The van der Waals surface area contributed by atoms with Gasteiger partial charge in [-0.05, 0) is 61.1 Å². The first-order chi connectivity index (χ1) is 16.6. The van der Waals surface area contributed by atoms with E-state index in [0.717, 1.165) is 60.5 Å². The molecule has 5 rings (SSSR count). The molecule has 0 bridgehead atoms. The molecule has 1 aromatic carbocycles. The van der Waals surface area contributed by atoms with E-state index in [1.54, 1.807) is 0 Å². The number of carbonyl (C=O) groups is 1. The molecule has 1 atom stereocenters. The first kappa shape index (κ1) is 22.3. The molecular formula is C27H31N5O2. The SMILES string of the molecule is Cc1cnc(NC(=O)C2CC2)cc1-c1cc(OCc2ccccc2)nc(N2CCNC[C@@H]2C)c1. The van der Waals surface area contributed by atoms with Gasteiger partial charge in [-0.2, -0.15) is 4.98 Å². The molecule has 7 nitrogen and oxygen atoms in total. The molecule has 1 amide bonds. The van der Waals surface area contributed by atoms with E-state index < -0.39 is 0 Å². The van der Waals surface area contributed by atoms with Gasteiger partial charge in [0.1, 0.15) is 18.2 Å². The number of ether oxygens (including phenoxy) is 1. The van der Waals surface area contributed by atoms with Crippen LogP contribution in [-0.2, 0) is 11.4 Å². The Bertz CT molecular complexity index is 1160. The molecule has 2 aliphatic rings. The van der Waals surface area contributed by atoms with E-state index in [9.17, 15) is 4.79 Å². The fourth-order valence-corrected chi connectivity index (χ4v) is 4.26. The number of rotatable bonds is 7. The number of aryl methyl sites for hydroxylation is 1. The Morgan fingerprint density at radius 3 is 2.79 bits per heavy atom. The standard InChI is InChI=1S/C27H31N5O2/c1-18-15-29-24(30-27(33)21-8-9-21)14-23(18)22-12-25(32-11-10-28-16-19(32)2)31-26(13-22)34-17-20-6-4-3-5-7-20/h3-7,12-15,19,21,28H,8-11,16-17H2,1-2H3,(H,29,30,33)/t19-/m0/s1. The maximum atomic E-state index is 12.3. The lowest BCUT2D eigenvalue weighted by atomic mass is 10.0. The van der Waals surface area contributed by atoms with Gasteiger partial charge >= 0.3 is 0 Å². The zero-order valence-corrected chi connectivity index (χ0v) is 19.8. The molecule has 1 saturated carbocycles. The highest BCUT2D eigenvalue weighted by molar-refractivity contribution is 5.93. The summed E-state index contributed by atoms with van der Waals surface area (Å²) in [5, 5.41) is 6.41. The van der Waals surface area contributed by atoms with E-state index in [-0.39, 0.29) is 11.8 Å². The van der Waals surface area contributed by atoms with Crippen molar-refractivity contribution in [1.29, 1.82) is 0 Å². The molecule has 3 aromatic rings. The van der Waals surface area contributed by atoms with Gasteiger partial charge in [0, 0.05) is 43.9 Å². The molecule has 34 heavy (non-hydrogen) atoms. The van der Waals surface area contributed by atoms with Crippen LogP contribution in [0.2, 0.25) is 0 Å². The van der Waals surface area contributed by atoms with E-state index in [4.69, 9.17) is 9.72 Å². The summed E-state index contributed by atoms with van der Waals surface area (Å²) in [7, 11) is 0. The lowest BCUT2D eigenvalue weighted by Gasteiger charge is -2.35. The largest absolute Gasteiger partial charge is 0.473 e. The second kappa shape index (κ2) is 9.81. The number of pyridine rings is 2. The van der Waals surface area contributed by atoms with Gasteiger partial charge in [0.25, 0.3) is 0 Å². The molecule has 0 unspecified atom stereocenters. The number of aromatic nitrogens is 2. The highest BCUT2D eigenvalue weighted by Gasteiger charge is 2.30. The number of nitrogens with one attached hydrogen (secondary N) is 2. The van der Waals surface area contributed by atoms with Gasteiger partial charge < -0.3 is 20.3 Å². The molecule has 0 spiro atoms. The van der Waals surface area contributed by atoms with Crippen molar-refractivity contribution in [1.82, 2.24) is 15.3 Å². The Morgan fingerprint density at radius 2 is 2.03 bits per heavy atom. The highest BCUT2D eigenvalue weighted by atomic mass is 16.5. The Hall–Kier alpha value is -3.45. The van der Waals surface area contributed by atoms with Crippen LogP contribution in [-0.4, -0.2) is 41.6 Å². The number of piperazine rings is 1. The van der Waals surface area contributed by atoms with E-state index in [2.05, 4.69) is 33.5 Å². The van der Waals surface area contributed by atoms with Crippen molar-refractivity contribution < 1.29 is 9.53 Å². The molecule has 2 fully saturated rings. The lowest BCUT2D eigenvalue weighted by Crippen LogP contribution is -2.50. The van der Waals surface area contributed by atoms with Gasteiger partial charge in [-0.1, -0.05) is 30.3 Å². The Labute approximate surface area is 200 Å². The second-order valence-corrected chi connectivity index (χ2v) is 9.22. The van der Waals surface area contributed by atoms with Gasteiger partial charge in [0.15, 0.2) is 0 Å². The minimum absolute atomic E-state index is 0.0549. The van der Waals surface area contributed by atoms with Gasteiger partial charge in [-0.15, -0.1) is 0 Å². The third kappa shape index (κ3) is 5.20. The molecule has 176 valence electrons. The number of hydrogen-bond acceptors (Lipinski definition) is 6. The van der Waals surface area contributed by atoms with Crippen LogP contribution in [0.3, 0.4) is 0 Å². The van der Waals surface area contributed by atoms with Gasteiger partial charge in [0.2, 0.25) is 11.8 Å². The number of benzene rings is 1. The van der Waals surface area contributed by atoms with E-state index in [0.29, 0.717) is 24.3 Å². The number of carbonyl (C=O) groups excluding carboxylic acids is 1. The molecule has 7 heteroatoms. The summed E-state index contributed by atoms with van der Waals surface area (Å²) in [5.41, 5.74) is 4.14. The molecule has 1 saturated heterocycles. The van der Waals surface area contributed by atoms with Crippen molar-refractivity contribution in [2.75, 3.05) is 29.9 Å². The highest BCUT2D eigenvalue weighted by Crippen LogP contribution is 2.33. The molecule has 1 aliphatic heterocycles. The van der Waals surface area contributed by atoms with Crippen molar-refractivity contribution in [2.45, 2.75) is 39.3 Å². The molecule has 3 heterocycles. The summed E-state index contributed by atoms with van der Waals surface area (Å²) >= 11 is 0. The van der Waals surface area contributed by atoms with Crippen LogP contribution >= 0.6 is 0 Å². The second-order valence-electron chi connectivity index (χ2n) is 9.22. The van der Waals surface area contributed by atoms with Crippen molar-refractivity contribution in [3.8, 4) is 17.0 Å². The first-order valence-corrected chi connectivity index (χ1v) is 12.0. The number of nitrogens with zero attached hydrogens (tertiary/aromatic N) is 3. The summed E-state index contributed by atoms with van der Waals surface area (Å²) in [6.07, 6.45) is 3.74. The molecule has 2 N–H and O–H groups in total. The third-order valence-corrected chi connectivity index (χ3v) is 6.43. The monoisotopic (exact) mass is 457 g/mol. The zero-order chi connectivity index (χ0) is 23.5. The summed E-state index contributed by atoms with van der Waals surface area (Å²) in [6.45, 7) is 7.40. The number of hydrogen-bond donors (Lipinski definition) is 2. The maximum absolute atomic E-state index is 12.3. The smallest absolute Gasteiger partial charge is 0.228 e. The fourth-order valence-electron chi connectivity index (χ4n) is 4.26. The summed E-state index contributed by atoms with van der Waals surface area (Å²) in [6, 6.07) is 16.5. The predicted octanol–water partition coefficient (Wildman–Crippen LogP) is 4.18. The van der Waals surface area contributed by atoms with Gasteiger partial charge in [-0.3, -0.25) is 4.79 Å². The zero-order valence-electron chi connectivity index (χ0n) is 19.8. The Kier molecular flexibility index (Phi) is 6.45. The van der Waals surface area contributed by atoms with Crippen LogP contribution in [0.4, 0.5) is 11.6 Å². The molecule has 2 aromatic heterocycles. The van der Waals surface area contributed by atoms with Crippen LogP contribution in [0.15, 0.2) is 54.7 Å². The van der Waals surface area contributed by atoms with E-state index >= 15 is 0 Å². The Balaban J connectivity index is 1.48. The fraction of sp³-hybridized carbons (Fsp3) is 0.370. The average Bonchev–Trinajstić information content (AvgIpc) is 3.70. The van der Waals surface area contributed by atoms with E-state index in [1.807, 2.05) is 55.6 Å². The topological polar surface area (TPSA) is 79.4 Å². The molecule has 1 aliphatic carbocycles. The quantitative estimate of drug-likeness (QED) is 0.554. The van der Waals surface area contributed by atoms with Crippen LogP contribution in [0, 0.1) is 12.8 Å². The van der Waals surface area contributed by atoms with E-state index in [1.165, 1.54) is 0 Å². The Morgan fingerprint density at radius 1 is 1.21 bits per heavy atom. The maximum Gasteiger partial charge on any atom is 0.228 e. The minimum atomic E-state index is 0.0549. The minimum Gasteiger partial charge on any atom is -0.473 e. The van der Waals surface area contributed by atoms with Crippen molar-refractivity contribution in [3.05, 3.63) is 65.9 Å². The number of amides is 1. The number of anilines is 2. The van der Waals surface area contributed by atoms with Crippen LogP contribution in [0.5, 0.6) is 5.88 Å². The summed E-state index contributed by atoms with van der Waals surface area (Å²) in [5.74, 6) is 2.25. The normalized spacial score (nSPS) is 17.9. The first-order valence-electron chi connectivity index (χ1n) is 12.0. The third-order valence-electron chi connectivity index (χ3n) is 6.43. The van der Waals surface area contributed by atoms with Crippen molar-refractivity contribution in [3.63, 3.8) is 0 Å². The van der Waals surface area contributed by atoms with Crippen LogP contribution < -0.4 is 20.3 Å². The summed E-state index contributed by atoms with van der Waals surface area (Å²) in [4.78, 5) is 23.9. The van der Waals surface area contributed by atoms with Crippen LogP contribution in [0.1, 0.15) is 30.9 Å².